The van der Waals surface area contributed by atoms with E-state index in [1.54, 1.807) is 30.5 Å². The first-order valence-electron chi connectivity index (χ1n) is 12.6. The molecule has 9 nitrogen and oxygen atoms in total. The average Bonchev–Trinajstić information content (AvgIpc) is 2.93. The summed E-state index contributed by atoms with van der Waals surface area (Å²) in [4.78, 5) is 26.5. The molecule has 0 spiro atoms. The highest BCUT2D eigenvalue weighted by Crippen LogP contribution is 2.24. The summed E-state index contributed by atoms with van der Waals surface area (Å²) < 4.78 is 0.770. The van der Waals surface area contributed by atoms with E-state index in [-0.39, 0.29) is 5.91 Å². The van der Waals surface area contributed by atoms with Gasteiger partial charge in [-0.15, -0.1) is 0 Å². The van der Waals surface area contributed by atoms with Crippen LogP contribution in [0.1, 0.15) is 21.5 Å². The minimum Gasteiger partial charge on any atom is -0.618 e. The summed E-state index contributed by atoms with van der Waals surface area (Å²) in [5.74, 6) is 0.183. The third kappa shape index (κ3) is 6.13. The highest BCUT2D eigenvalue weighted by molar-refractivity contribution is 6.04. The highest BCUT2D eigenvalue weighted by atomic mass is 16.5. The predicted octanol–water partition coefficient (Wildman–Crippen LogP) is 3.83. The van der Waals surface area contributed by atoms with Crippen molar-refractivity contribution in [3.63, 3.8) is 0 Å². The van der Waals surface area contributed by atoms with Crippen molar-refractivity contribution in [2.45, 2.75) is 13.5 Å². The number of aryl methyl sites for hydroxylation is 1. The van der Waals surface area contributed by atoms with Crippen LogP contribution in [-0.2, 0) is 6.54 Å². The molecule has 1 fully saturated rings. The SMILES string of the molecule is Cc1ccc(NC(=O)c2ccc(CN3CCN(C)CC3)cc2)cc1Nc1nccc(-c2cccc[n+]2[O-])n1. The van der Waals surface area contributed by atoms with Crippen LogP contribution in [0.25, 0.3) is 11.4 Å². The van der Waals surface area contributed by atoms with Crippen molar-refractivity contribution in [2.75, 3.05) is 43.9 Å². The average molecular weight is 510 g/mol. The molecule has 1 amide bonds. The maximum absolute atomic E-state index is 12.9. The largest absolute Gasteiger partial charge is 0.618 e. The fourth-order valence-corrected chi connectivity index (χ4v) is 4.37. The molecule has 0 aliphatic carbocycles. The van der Waals surface area contributed by atoms with E-state index in [0.717, 1.165) is 48.7 Å². The van der Waals surface area contributed by atoms with E-state index in [0.29, 0.717) is 28.6 Å². The Morgan fingerprint density at radius 3 is 2.58 bits per heavy atom. The van der Waals surface area contributed by atoms with Crippen LogP contribution in [0.4, 0.5) is 17.3 Å². The van der Waals surface area contributed by atoms with Crippen molar-refractivity contribution in [3.05, 3.63) is 101 Å². The molecule has 0 bridgehead atoms. The predicted molar refractivity (Wildman–Crippen MR) is 148 cm³/mol. The van der Waals surface area contributed by atoms with Gasteiger partial charge in [0.1, 0.15) is 5.69 Å². The van der Waals surface area contributed by atoms with E-state index < -0.39 is 0 Å². The Bertz CT molecular complexity index is 1420. The molecule has 0 radical (unpaired) electrons. The van der Waals surface area contributed by atoms with Crippen LogP contribution in [0, 0.1) is 12.1 Å². The minimum absolute atomic E-state index is 0.173. The number of aromatic nitrogens is 3. The summed E-state index contributed by atoms with van der Waals surface area (Å²) in [6, 6.07) is 20.3. The van der Waals surface area contributed by atoms with E-state index in [2.05, 4.69) is 37.4 Å². The molecule has 2 N–H and O–H groups in total. The van der Waals surface area contributed by atoms with Gasteiger partial charge in [0.2, 0.25) is 11.6 Å². The standard InChI is InChI=1S/C29H31N7O2/c1-21-6-11-24(19-26(21)33-29-30-13-12-25(32-29)27-5-3-4-14-36(27)38)31-28(37)23-9-7-22(8-10-23)20-35-17-15-34(2)16-18-35/h3-14,19H,15-18,20H2,1-2H3,(H,31,37)(H,30,32,33). The Balaban J connectivity index is 1.25. The van der Waals surface area contributed by atoms with Crippen LogP contribution in [0.3, 0.4) is 0 Å². The first-order chi connectivity index (χ1) is 18.4. The number of pyridine rings is 1. The molecule has 0 saturated carbocycles. The van der Waals surface area contributed by atoms with E-state index in [9.17, 15) is 10.0 Å². The Morgan fingerprint density at radius 1 is 1.03 bits per heavy atom. The van der Waals surface area contributed by atoms with Gasteiger partial charge >= 0.3 is 0 Å². The summed E-state index contributed by atoms with van der Waals surface area (Å²) in [7, 11) is 2.15. The van der Waals surface area contributed by atoms with Crippen molar-refractivity contribution < 1.29 is 9.52 Å². The maximum Gasteiger partial charge on any atom is 0.255 e. The number of benzene rings is 2. The van der Waals surface area contributed by atoms with Gasteiger partial charge < -0.3 is 20.7 Å². The molecule has 3 heterocycles. The van der Waals surface area contributed by atoms with Gasteiger partial charge in [-0.05, 0) is 61.5 Å². The highest BCUT2D eigenvalue weighted by Gasteiger charge is 2.15. The maximum atomic E-state index is 12.9. The molecule has 1 saturated heterocycles. The van der Waals surface area contributed by atoms with Crippen molar-refractivity contribution in [2.24, 2.45) is 0 Å². The van der Waals surface area contributed by atoms with Gasteiger partial charge in [0.15, 0.2) is 6.20 Å². The van der Waals surface area contributed by atoms with E-state index in [1.165, 1.54) is 11.8 Å². The first kappa shape index (κ1) is 25.3. The molecular weight excluding hydrogens is 478 g/mol. The summed E-state index contributed by atoms with van der Waals surface area (Å²) >= 11 is 0. The van der Waals surface area contributed by atoms with Crippen LogP contribution in [0.2, 0.25) is 0 Å². The normalized spacial score (nSPS) is 14.3. The van der Waals surface area contributed by atoms with Crippen molar-refractivity contribution >= 4 is 23.2 Å². The van der Waals surface area contributed by atoms with E-state index >= 15 is 0 Å². The molecule has 4 aromatic rings. The van der Waals surface area contributed by atoms with Crippen molar-refractivity contribution in [3.8, 4) is 11.4 Å². The molecular formula is C29H31N7O2. The summed E-state index contributed by atoms with van der Waals surface area (Å²) in [6.07, 6.45) is 3.04. The van der Waals surface area contributed by atoms with E-state index in [1.807, 2.05) is 49.4 Å². The molecule has 1 aliphatic heterocycles. The lowest BCUT2D eigenvalue weighted by molar-refractivity contribution is -0.593. The topological polar surface area (TPSA) is 100 Å². The second-order valence-electron chi connectivity index (χ2n) is 9.56. The van der Waals surface area contributed by atoms with Crippen LogP contribution < -0.4 is 15.4 Å². The van der Waals surface area contributed by atoms with Gasteiger partial charge in [-0.1, -0.05) is 18.2 Å². The van der Waals surface area contributed by atoms with Crippen LogP contribution in [0.5, 0.6) is 0 Å². The third-order valence-electron chi connectivity index (χ3n) is 6.70. The van der Waals surface area contributed by atoms with Gasteiger partial charge in [0.25, 0.3) is 5.91 Å². The number of amides is 1. The summed E-state index contributed by atoms with van der Waals surface area (Å²) in [5.41, 5.74) is 5.12. The van der Waals surface area contributed by atoms with Gasteiger partial charge in [-0.25, -0.2) is 9.97 Å². The quantitative estimate of drug-likeness (QED) is 0.289. The van der Waals surface area contributed by atoms with E-state index in [4.69, 9.17) is 0 Å². The smallest absolute Gasteiger partial charge is 0.255 e. The number of carbonyl (C=O) groups is 1. The summed E-state index contributed by atoms with van der Waals surface area (Å²) in [6.45, 7) is 7.13. The molecule has 9 heteroatoms. The monoisotopic (exact) mass is 509 g/mol. The number of anilines is 3. The van der Waals surface area contributed by atoms with Crippen molar-refractivity contribution in [1.29, 1.82) is 0 Å². The Kier molecular flexibility index (Phi) is 7.57. The number of carbonyl (C=O) groups excluding carboxylic acids is 1. The molecule has 0 unspecified atom stereocenters. The molecule has 194 valence electrons. The van der Waals surface area contributed by atoms with Crippen molar-refractivity contribution in [1.82, 2.24) is 19.8 Å². The van der Waals surface area contributed by atoms with Gasteiger partial charge in [-0.2, -0.15) is 4.73 Å². The number of likely N-dealkylation sites (N-methyl/N-ethyl adjacent to an activating group) is 1. The third-order valence-corrected chi connectivity index (χ3v) is 6.70. The number of hydrogen-bond donors (Lipinski definition) is 2. The Hall–Kier alpha value is -4.34. The lowest BCUT2D eigenvalue weighted by Gasteiger charge is -2.32. The molecule has 1 aliphatic rings. The number of nitrogens with one attached hydrogen (secondary N) is 2. The molecule has 2 aromatic carbocycles. The number of hydrogen-bond acceptors (Lipinski definition) is 7. The fourth-order valence-electron chi connectivity index (χ4n) is 4.37. The number of rotatable bonds is 7. The second-order valence-corrected chi connectivity index (χ2v) is 9.56. The van der Waals surface area contributed by atoms with Crippen LogP contribution >= 0.6 is 0 Å². The van der Waals surface area contributed by atoms with Crippen LogP contribution in [-0.4, -0.2) is 58.9 Å². The Morgan fingerprint density at radius 2 is 1.82 bits per heavy atom. The molecule has 5 rings (SSSR count). The Labute approximate surface area is 222 Å². The number of nitrogens with zero attached hydrogens (tertiary/aromatic N) is 5. The zero-order valence-corrected chi connectivity index (χ0v) is 21.6. The zero-order chi connectivity index (χ0) is 26.5. The number of piperazine rings is 1. The fraction of sp³-hybridized carbons (Fsp3) is 0.241. The second kappa shape index (κ2) is 11.4. The molecule has 2 aromatic heterocycles. The van der Waals surface area contributed by atoms with Gasteiger partial charge in [-0.3, -0.25) is 9.69 Å². The molecule has 0 atom stereocenters. The van der Waals surface area contributed by atoms with Gasteiger partial charge in [0.05, 0.1) is 0 Å². The summed E-state index contributed by atoms with van der Waals surface area (Å²) in [5, 5.41) is 18.3. The minimum atomic E-state index is -0.173. The van der Waals surface area contributed by atoms with Crippen LogP contribution in [0.15, 0.2) is 79.1 Å². The lowest BCUT2D eigenvalue weighted by atomic mass is 10.1. The molecule has 38 heavy (non-hydrogen) atoms. The first-order valence-corrected chi connectivity index (χ1v) is 12.6. The van der Waals surface area contributed by atoms with Gasteiger partial charge in [0, 0.05) is 68.0 Å². The zero-order valence-electron chi connectivity index (χ0n) is 21.6. The lowest BCUT2D eigenvalue weighted by Crippen LogP contribution is -2.43.